The maximum Gasteiger partial charge on any atom is 0.182 e. The molecular weight excluding hydrogens is 300 g/mol. The summed E-state index contributed by atoms with van der Waals surface area (Å²) in [5, 5.41) is 0. The third kappa shape index (κ3) is 3.74. The van der Waals surface area contributed by atoms with Gasteiger partial charge in [-0.1, -0.05) is 31.2 Å². The third-order valence-corrected chi connectivity index (χ3v) is 5.05. The van der Waals surface area contributed by atoms with Crippen molar-refractivity contribution < 1.29 is 17.9 Å². The lowest BCUT2D eigenvalue weighted by Crippen LogP contribution is -2.06. The molecule has 0 unspecified atom stereocenters. The van der Waals surface area contributed by atoms with Gasteiger partial charge in [-0.15, -0.1) is 0 Å². The van der Waals surface area contributed by atoms with E-state index in [1.54, 1.807) is 43.3 Å². The van der Waals surface area contributed by atoms with Crippen LogP contribution in [0.3, 0.4) is 0 Å². The molecule has 0 saturated carbocycles. The number of hydrogen-bond acceptors (Lipinski definition) is 4. The maximum atomic E-state index is 12.4. The van der Waals surface area contributed by atoms with Gasteiger partial charge in [0.1, 0.15) is 5.75 Å². The number of Topliss-reactive ketones (excluding diaryl/α,β-unsaturated/α-hetero) is 1. The smallest absolute Gasteiger partial charge is 0.182 e. The lowest BCUT2D eigenvalue weighted by atomic mass is 10.1. The summed E-state index contributed by atoms with van der Waals surface area (Å²) in [6, 6.07) is 13.1. The Morgan fingerprint density at radius 2 is 1.77 bits per heavy atom. The fourth-order valence-corrected chi connectivity index (χ4v) is 3.45. The quantitative estimate of drug-likeness (QED) is 0.767. The second-order valence-electron chi connectivity index (χ2n) is 4.91. The molecule has 2 aromatic rings. The van der Waals surface area contributed by atoms with Crippen LogP contribution in [0.25, 0.3) is 0 Å². The van der Waals surface area contributed by atoms with Crippen molar-refractivity contribution in [3.63, 3.8) is 0 Å². The largest absolute Gasteiger partial charge is 0.497 e. The second-order valence-corrected chi connectivity index (χ2v) is 6.90. The van der Waals surface area contributed by atoms with E-state index < -0.39 is 9.84 Å². The van der Waals surface area contributed by atoms with Gasteiger partial charge in [-0.3, -0.25) is 4.79 Å². The van der Waals surface area contributed by atoms with Crippen molar-refractivity contribution in [2.75, 3.05) is 7.11 Å². The van der Waals surface area contributed by atoms with Crippen molar-refractivity contribution in [1.29, 1.82) is 0 Å². The number of ketones is 1. The Morgan fingerprint density at radius 1 is 1.09 bits per heavy atom. The van der Waals surface area contributed by atoms with Crippen LogP contribution in [0.15, 0.2) is 53.4 Å². The third-order valence-electron chi connectivity index (χ3n) is 3.35. The standard InChI is InChI=1S/C17H18O4S/c1-3-17(18)14-7-9-16(10-8-14)22(19,20)12-13-5-4-6-15(11-13)21-2/h4-11H,3,12H2,1-2H3. The van der Waals surface area contributed by atoms with Crippen LogP contribution in [0.4, 0.5) is 0 Å². The molecule has 2 rings (SSSR count). The molecule has 0 amide bonds. The second kappa shape index (κ2) is 6.75. The van der Waals surface area contributed by atoms with Gasteiger partial charge < -0.3 is 4.74 Å². The number of hydrogen-bond donors (Lipinski definition) is 0. The molecule has 0 N–H and O–H groups in total. The van der Waals surface area contributed by atoms with E-state index in [0.29, 0.717) is 23.3 Å². The molecule has 22 heavy (non-hydrogen) atoms. The lowest BCUT2D eigenvalue weighted by molar-refractivity contribution is 0.0988. The minimum Gasteiger partial charge on any atom is -0.497 e. The fraction of sp³-hybridized carbons (Fsp3) is 0.235. The minimum atomic E-state index is -3.45. The van der Waals surface area contributed by atoms with E-state index >= 15 is 0 Å². The first-order chi connectivity index (χ1) is 10.5. The highest BCUT2D eigenvalue weighted by Crippen LogP contribution is 2.20. The highest BCUT2D eigenvalue weighted by Gasteiger charge is 2.16. The van der Waals surface area contributed by atoms with E-state index in [0.717, 1.165) is 0 Å². The number of methoxy groups -OCH3 is 1. The van der Waals surface area contributed by atoms with Crippen molar-refractivity contribution in [3.8, 4) is 5.75 Å². The highest BCUT2D eigenvalue weighted by molar-refractivity contribution is 7.90. The number of benzene rings is 2. The number of rotatable bonds is 6. The zero-order valence-electron chi connectivity index (χ0n) is 12.6. The summed E-state index contributed by atoms with van der Waals surface area (Å²) < 4.78 is 29.9. The summed E-state index contributed by atoms with van der Waals surface area (Å²) in [6.45, 7) is 1.77. The zero-order chi connectivity index (χ0) is 16.2. The van der Waals surface area contributed by atoms with Crippen molar-refractivity contribution in [2.24, 2.45) is 0 Å². The topological polar surface area (TPSA) is 60.4 Å². The highest BCUT2D eigenvalue weighted by atomic mass is 32.2. The van der Waals surface area contributed by atoms with Crippen LogP contribution in [0.1, 0.15) is 29.3 Å². The van der Waals surface area contributed by atoms with Gasteiger partial charge in [0, 0.05) is 12.0 Å². The molecule has 0 atom stereocenters. The van der Waals surface area contributed by atoms with Gasteiger partial charge in [-0.05, 0) is 29.8 Å². The number of ether oxygens (including phenoxy) is 1. The summed E-state index contributed by atoms with van der Waals surface area (Å²) in [6.07, 6.45) is 0.399. The van der Waals surface area contributed by atoms with Crippen LogP contribution >= 0.6 is 0 Å². The van der Waals surface area contributed by atoms with Crippen molar-refractivity contribution >= 4 is 15.6 Å². The first-order valence-corrected chi connectivity index (χ1v) is 8.60. The van der Waals surface area contributed by atoms with Crippen LogP contribution in [-0.4, -0.2) is 21.3 Å². The van der Waals surface area contributed by atoms with Crippen LogP contribution in [0, 0.1) is 0 Å². The number of carbonyl (C=O) groups is 1. The van der Waals surface area contributed by atoms with Gasteiger partial charge in [-0.25, -0.2) is 8.42 Å². The van der Waals surface area contributed by atoms with E-state index in [4.69, 9.17) is 4.74 Å². The summed E-state index contributed by atoms with van der Waals surface area (Å²) >= 11 is 0. The Hall–Kier alpha value is -2.14. The van der Waals surface area contributed by atoms with Crippen LogP contribution < -0.4 is 4.74 Å². The predicted molar refractivity (Wildman–Crippen MR) is 84.9 cm³/mol. The number of sulfone groups is 1. The molecule has 0 bridgehead atoms. The average molecular weight is 318 g/mol. The van der Waals surface area contributed by atoms with Gasteiger partial charge in [-0.2, -0.15) is 0 Å². The average Bonchev–Trinajstić information content (AvgIpc) is 2.54. The van der Waals surface area contributed by atoms with Gasteiger partial charge in [0.15, 0.2) is 15.6 Å². The molecule has 116 valence electrons. The molecule has 0 aliphatic rings. The Bertz CT molecular complexity index is 762. The molecule has 0 aromatic heterocycles. The summed E-state index contributed by atoms with van der Waals surface area (Å²) in [7, 11) is -1.92. The van der Waals surface area contributed by atoms with Gasteiger partial charge in [0.25, 0.3) is 0 Å². The van der Waals surface area contributed by atoms with Crippen LogP contribution in [0.2, 0.25) is 0 Å². The van der Waals surface area contributed by atoms with E-state index in [9.17, 15) is 13.2 Å². The molecule has 0 spiro atoms. The van der Waals surface area contributed by atoms with E-state index in [1.807, 2.05) is 0 Å². The maximum absolute atomic E-state index is 12.4. The first kappa shape index (κ1) is 16.2. The SMILES string of the molecule is CCC(=O)c1ccc(S(=O)(=O)Cc2cccc(OC)c2)cc1. The molecule has 0 radical (unpaired) electrons. The van der Waals surface area contributed by atoms with Crippen LogP contribution in [0.5, 0.6) is 5.75 Å². The molecule has 2 aromatic carbocycles. The summed E-state index contributed by atoms with van der Waals surface area (Å²) in [5.74, 6) is 0.513. The van der Waals surface area contributed by atoms with E-state index in [-0.39, 0.29) is 16.4 Å². The van der Waals surface area contributed by atoms with Crippen molar-refractivity contribution in [3.05, 3.63) is 59.7 Å². The molecule has 0 fully saturated rings. The molecule has 0 heterocycles. The Kier molecular flexibility index (Phi) is 4.98. The molecule has 5 heteroatoms. The Balaban J connectivity index is 2.24. The molecule has 0 saturated heterocycles. The van der Waals surface area contributed by atoms with Crippen molar-refractivity contribution in [2.45, 2.75) is 24.0 Å². The molecule has 0 aliphatic carbocycles. The Labute approximate surface area is 130 Å². The van der Waals surface area contributed by atoms with E-state index in [1.165, 1.54) is 19.2 Å². The van der Waals surface area contributed by atoms with Crippen LogP contribution in [-0.2, 0) is 15.6 Å². The van der Waals surface area contributed by atoms with Gasteiger partial charge >= 0.3 is 0 Å². The summed E-state index contributed by atoms with van der Waals surface area (Å²) in [5.41, 5.74) is 1.19. The monoisotopic (exact) mass is 318 g/mol. The molecule has 0 aliphatic heterocycles. The first-order valence-electron chi connectivity index (χ1n) is 6.95. The number of carbonyl (C=O) groups excluding carboxylic acids is 1. The Morgan fingerprint density at radius 3 is 2.36 bits per heavy atom. The summed E-state index contributed by atoms with van der Waals surface area (Å²) in [4.78, 5) is 11.8. The van der Waals surface area contributed by atoms with Crippen molar-refractivity contribution in [1.82, 2.24) is 0 Å². The molecular formula is C17H18O4S. The normalized spacial score (nSPS) is 11.2. The molecule has 4 nitrogen and oxygen atoms in total. The predicted octanol–water partition coefficient (Wildman–Crippen LogP) is 3.26. The minimum absolute atomic E-state index is 0.00302. The van der Waals surface area contributed by atoms with Gasteiger partial charge in [0.05, 0.1) is 17.8 Å². The zero-order valence-corrected chi connectivity index (χ0v) is 13.4. The van der Waals surface area contributed by atoms with Gasteiger partial charge in [0.2, 0.25) is 0 Å². The van der Waals surface area contributed by atoms with E-state index in [2.05, 4.69) is 0 Å². The lowest BCUT2D eigenvalue weighted by Gasteiger charge is -2.07. The fourth-order valence-electron chi connectivity index (χ4n) is 2.12.